The Hall–Kier alpha value is -2.96. The summed E-state index contributed by atoms with van der Waals surface area (Å²) < 4.78 is 30.3. The molecule has 0 radical (unpaired) electrons. The van der Waals surface area contributed by atoms with E-state index in [1.54, 1.807) is 11.8 Å². The van der Waals surface area contributed by atoms with Crippen molar-refractivity contribution >= 4 is 56.6 Å². The van der Waals surface area contributed by atoms with Gasteiger partial charge in [0.1, 0.15) is 0 Å². The Morgan fingerprint density at radius 1 is 0.939 bits per heavy atom. The van der Waals surface area contributed by atoms with Crippen LogP contribution in [0.15, 0.2) is 46.2 Å². The van der Waals surface area contributed by atoms with Gasteiger partial charge < -0.3 is 20.4 Å². The van der Waals surface area contributed by atoms with Crippen LogP contribution in [0.2, 0.25) is 0 Å². The second kappa shape index (κ2) is 9.89. The van der Waals surface area contributed by atoms with E-state index in [1.807, 2.05) is 74.4 Å². The molecule has 1 aliphatic heterocycles. The number of amides is 3. The van der Waals surface area contributed by atoms with Crippen LogP contribution in [0.1, 0.15) is 0 Å². The summed E-state index contributed by atoms with van der Waals surface area (Å²) in [4.78, 5) is 32.5. The normalized spacial score (nSPS) is 12.5. The number of hydrogen-bond acceptors (Lipinski definition) is 7. The van der Waals surface area contributed by atoms with Gasteiger partial charge in [0.25, 0.3) is 10.1 Å². The minimum absolute atomic E-state index is 0.250. The Morgan fingerprint density at radius 2 is 1.45 bits per heavy atom. The van der Waals surface area contributed by atoms with E-state index in [2.05, 4.69) is 10.6 Å². The number of carbonyl (C=O) groups excluding carboxylic acids is 2. The smallest absolute Gasteiger partial charge is 0.327 e. The number of hydrogen-bond donors (Lipinski definition) is 3. The van der Waals surface area contributed by atoms with Crippen molar-refractivity contribution in [1.82, 2.24) is 10.6 Å². The van der Waals surface area contributed by atoms with Gasteiger partial charge >= 0.3 is 6.03 Å². The molecule has 0 aromatic heterocycles. The SMILES string of the molecule is CN(C)c1ccc2c(c1)Sc1cc(N(C)C)ccc1N2C(=O)NCC(=O)NCCS(=O)(=O)O. The monoisotopic (exact) mass is 493 g/mol. The second-order valence-corrected chi connectivity index (χ2v) is 10.5. The molecule has 2 aromatic carbocycles. The van der Waals surface area contributed by atoms with Crippen LogP contribution in [0.5, 0.6) is 0 Å². The maximum atomic E-state index is 13.2. The molecule has 3 rings (SSSR count). The van der Waals surface area contributed by atoms with Crippen LogP contribution in [0.25, 0.3) is 0 Å². The summed E-state index contributed by atoms with van der Waals surface area (Å²) in [6, 6.07) is 11.1. The van der Waals surface area contributed by atoms with E-state index >= 15 is 0 Å². The Labute approximate surface area is 197 Å². The molecule has 0 saturated carbocycles. The largest absolute Gasteiger partial charge is 0.378 e. The van der Waals surface area contributed by atoms with Crippen LogP contribution in [-0.2, 0) is 14.9 Å². The average Bonchev–Trinajstić information content (AvgIpc) is 2.73. The first-order chi connectivity index (χ1) is 15.5. The Kier molecular flexibility index (Phi) is 7.40. The Bertz CT molecular complexity index is 1110. The van der Waals surface area contributed by atoms with Crippen molar-refractivity contribution in [3.05, 3.63) is 36.4 Å². The van der Waals surface area contributed by atoms with E-state index in [1.165, 1.54) is 4.90 Å². The number of carbonyl (C=O) groups is 2. The lowest BCUT2D eigenvalue weighted by Crippen LogP contribution is -2.44. The van der Waals surface area contributed by atoms with Crippen molar-refractivity contribution in [2.45, 2.75) is 9.79 Å². The molecule has 0 aliphatic carbocycles. The summed E-state index contributed by atoms with van der Waals surface area (Å²) in [7, 11) is 3.60. The van der Waals surface area contributed by atoms with Crippen molar-refractivity contribution < 1.29 is 22.6 Å². The fourth-order valence-corrected chi connectivity index (χ4v) is 4.66. The van der Waals surface area contributed by atoms with Gasteiger partial charge in [0.05, 0.1) is 23.7 Å². The molecule has 1 heterocycles. The molecule has 3 N–H and O–H groups in total. The summed E-state index contributed by atoms with van der Waals surface area (Å²) in [5, 5.41) is 4.94. The fourth-order valence-electron chi connectivity index (χ4n) is 3.18. The van der Waals surface area contributed by atoms with E-state index in [0.717, 1.165) is 21.2 Å². The van der Waals surface area contributed by atoms with Crippen LogP contribution in [-0.4, -0.2) is 71.9 Å². The molecule has 1 aliphatic rings. The second-order valence-electron chi connectivity index (χ2n) is 7.83. The molecule has 0 bridgehead atoms. The lowest BCUT2D eigenvalue weighted by Gasteiger charge is -2.32. The molecule has 0 fully saturated rings. The Balaban J connectivity index is 1.84. The molecule has 10 nitrogen and oxygen atoms in total. The quantitative estimate of drug-likeness (QED) is 0.502. The predicted octanol–water partition coefficient (Wildman–Crippen LogP) is 2.13. The fraction of sp³-hybridized carbons (Fsp3) is 0.333. The van der Waals surface area contributed by atoms with Crippen LogP contribution < -0.4 is 25.3 Å². The lowest BCUT2D eigenvalue weighted by atomic mass is 10.2. The van der Waals surface area contributed by atoms with Gasteiger partial charge in [0.2, 0.25) is 5.91 Å². The van der Waals surface area contributed by atoms with Crippen molar-refractivity contribution in [1.29, 1.82) is 0 Å². The van der Waals surface area contributed by atoms with Crippen molar-refractivity contribution in [3.8, 4) is 0 Å². The molecule has 0 spiro atoms. The van der Waals surface area contributed by atoms with Gasteiger partial charge in [-0.3, -0.25) is 14.2 Å². The van der Waals surface area contributed by atoms with E-state index in [0.29, 0.717) is 11.4 Å². The highest BCUT2D eigenvalue weighted by Gasteiger charge is 2.29. The highest BCUT2D eigenvalue weighted by Crippen LogP contribution is 2.50. The number of rotatable bonds is 7. The van der Waals surface area contributed by atoms with Crippen LogP contribution in [0.4, 0.5) is 27.5 Å². The van der Waals surface area contributed by atoms with E-state index in [9.17, 15) is 18.0 Å². The summed E-state index contributed by atoms with van der Waals surface area (Å²) in [5.41, 5.74) is 3.37. The predicted molar refractivity (Wildman–Crippen MR) is 131 cm³/mol. The first kappa shape index (κ1) is 24.7. The number of nitrogens with zero attached hydrogens (tertiary/aromatic N) is 3. The van der Waals surface area contributed by atoms with Crippen molar-refractivity contribution in [2.75, 3.05) is 61.7 Å². The number of benzene rings is 2. The van der Waals surface area contributed by atoms with Crippen molar-refractivity contribution in [3.63, 3.8) is 0 Å². The third kappa shape index (κ3) is 6.09. The number of nitrogens with one attached hydrogen (secondary N) is 2. The minimum Gasteiger partial charge on any atom is -0.378 e. The van der Waals surface area contributed by atoms with Gasteiger partial charge in [-0.25, -0.2) is 4.79 Å². The van der Waals surface area contributed by atoms with Gasteiger partial charge in [-0.1, -0.05) is 11.8 Å². The first-order valence-corrected chi connectivity index (χ1v) is 12.5. The third-order valence-corrected chi connectivity index (χ3v) is 6.72. The zero-order chi connectivity index (χ0) is 24.3. The molecule has 3 amide bonds. The number of anilines is 4. The van der Waals surface area contributed by atoms with Gasteiger partial charge in [-0.2, -0.15) is 8.42 Å². The standard InChI is InChI=1S/C21H27N5O5S2/c1-24(2)14-5-7-16-18(11-14)32-19-12-15(25(3)4)6-8-17(19)26(16)21(28)23-13-20(27)22-9-10-33(29,30)31/h5-8,11-12H,9-10,13H2,1-4H3,(H,22,27)(H,23,28)(H,29,30,31). The van der Waals surface area contributed by atoms with E-state index < -0.39 is 27.8 Å². The van der Waals surface area contributed by atoms with Gasteiger partial charge in [0, 0.05) is 55.9 Å². The molecule has 0 unspecified atom stereocenters. The summed E-state index contributed by atoms with van der Waals surface area (Å²) >= 11 is 1.57. The Morgan fingerprint density at radius 3 is 1.91 bits per heavy atom. The highest BCUT2D eigenvalue weighted by molar-refractivity contribution is 7.99. The maximum absolute atomic E-state index is 13.2. The van der Waals surface area contributed by atoms with Crippen LogP contribution >= 0.6 is 11.8 Å². The van der Waals surface area contributed by atoms with Crippen LogP contribution in [0.3, 0.4) is 0 Å². The zero-order valence-corrected chi connectivity index (χ0v) is 20.5. The van der Waals surface area contributed by atoms with Crippen molar-refractivity contribution in [2.24, 2.45) is 0 Å². The molecule has 12 heteroatoms. The lowest BCUT2D eigenvalue weighted by molar-refractivity contribution is -0.119. The number of urea groups is 1. The molecule has 0 saturated heterocycles. The minimum atomic E-state index is -4.17. The summed E-state index contributed by atoms with van der Waals surface area (Å²) in [6.07, 6.45) is 0. The van der Waals surface area contributed by atoms with Gasteiger partial charge in [-0.15, -0.1) is 0 Å². The maximum Gasteiger partial charge on any atom is 0.327 e. The van der Waals surface area contributed by atoms with Gasteiger partial charge in [0.15, 0.2) is 0 Å². The first-order valence-electron chi connectivity index (χ1n) is 10.1. The number of fused-ring (bicyclic) bond motifs is 2. The molecule has 33 heavy (non-hydrogen) atoms. The molecule has 0 atom stereocenters. The van der Waals surface area contributed by atoms with E-state index in [-0.39, 0.29) is 13.1 Å². The third-order valence-electron chi connectivity index (χ3n) is 4.91. The zero-order valence-electron chi connectivity index (χ0n) is 18.8. The highest BCUT2D eigenvalue weighted by atomic mass is 32.2. The summed E-state index contributed by atoms with van der Waals surface area (Å²) in [6.45, 7) is -0.593. The summed E-state index contributed by atoms with van der Waals surface area (Å²) in [5.74, 6) is -1.16. The topological polar surface area (TPSA) is 122 Å². The molecule has 2 aromatic rings. The van der Waals surface area contributed by atoms with E-state index in [4.69, 9.17) is 4.55 Å². The molecular weight excluding hydrogens is 466 g/mol. The van der Waals surface area contributed by atoms with Crippen LogP contribution in [0, 0.1) is 0 Å². The molecule has 178 valence electrons. The molecular formula is C21H27N5O5S2. The average molecular weight is 494 g/mol. The van der Waals surface area contributed by atoms with Gasteiger partial charge in [-0.05, 0) is 36.4 Å².